The van der Waals surface area contributed by atoms with E-state index in [-0.39, 0.29) is 24.0 Å². The van der Waals surface area contributed by atoms with Crippen LogP contribution < -0.4 is 39.9 Å². The molecule has 5 rings (SSSR count). The highest BCUT2D eigenvalue weighted by Crippen LogP contribution is 2.33. The van der Waals surface area contributed by atoms with E-state index in [1.165, 1.54) is 32.6 Å². The number of hydrogen-bond acceptors (Lipinski definition) is 1. The van der Waals surface area contributed by atoms with Gasteiger partial charge < -0.3 is 29.1 Å². The lowest BCUT2D eigenvalue weighted by Crippen LogP contribution is -3.00. The highest BCUT2D eigenvalue weighted by Gasteiger charge is 2.25. The standard InChI is InChI=1S/C19H17OP.C12H10.HI/c1-15-6-5-9-19(14-15)21(17-7-3-2-4-8-17)18-12-10-16(20)11-13-18;1-3-7-11(8-4-1)12-9-5-2-6-10-12;/h2-14,20H,1H3;1-10H;1H. The first kappa shape index (κ1) is 25.7. The van der Waals surface area contributed by atoms with Crippen LogP contribution in [0, 0.1) is 6.92 Å². The molecular formula is C31H28IOP. The summed E-state index contributed by atoms with van der Waals surface area (Å²) in [6.45, 7) is 2.13. The topological polar surface area (TPSA) is 20.2 Å². The van der Waals surface area contributed by atoms with Crippen LogP contribution in [0.5, 0.6) is 5.75 Å². The van der Waals surface area contributed by atoms with E-state index in [9.17, 15) is 5.11 Å². The lowest BCUT2D eigenvalue weighted by atomic mass is 10.1. The second-order valence-corrected chi connectivity index (χ2v) is 10.4. The van der Waals surface area contributed by atoms with Gasteiger partial charge in [-0.15, -0.1) is 0 Å². The Bertz CT molecular complexity index is 1220. The molecule has 0 aliphatic heterocycles. The van der Waals surface area contributed by atoms with E-state index in [0.717, 1.165) is 0 Å². The molecule has 0 heterocycles. The summed E-state index contributed by atoms with van der Waals surface area (Å²) in [5.41, 5.74) is 3.83. The second-order valence-electron chi connectivity index (χ2n) is 7.89. The molecule has 0 aromatic heterocycles. The number of aryl methyl sites for hydroxylation is 1. The largest absolute Gasteiger partial charge is 1.00 e. The molecule has 34 heavy (non-hydrogen) atoms. The number of rotatable bonds is 4. The maximum Gasteiger partial charge on any atom is 0.115 e. The van der Waals surface area contributed by atoms with E-state index >= 15 is 0 Å². The Kier molecular flexibility index (Phi) is 9.88. The molecule has 3 heteroatoms. The van der Waals surface area contributed by atoms with Gasteiger partial charge in [0.1, 0.15) is 21.7 Å². The molecule has 5 aromatic rings. The Morgan fingerprint density at radius 1 is 0.471 bits per heavy atom. The van der Waals surface area contributed by atoms with Crippen LogP contribution in [-0.2, 0) is 0 Å². The molecular weight excluding hydrogens is 546 g/mol. The van der Waals surface area contributed by atoms with E-state index < -0.39 is 7.92 Å². The van der Waals surface area contributed by atoms with Gasteiger partial charge in [0.15, 0.2) is 0 Å². The smallest absolute Gasteiger partial charge is 0.115 e. The highest BCUT2D eigenvalue weighted by atomic mass is 127. The molecule has 0 spiro atoms. The van der Waals surface area contributed by atoms with E-state index in [1.807, 2.05) is 24.3 Å². The minimum Gasteiger partial charge on any atom is -1.00 e. The summed E-state index contributed by atoms with van der Waals surface area (Å²) in [5.74, 6) is 0.317. The zero-order chi connectivity index (χ0) is 22.9. The molecule has 0 aliphatic carbocycles. The first-order chi connectivity index (χ1) is 16.2. The van der Waals surface area contributed by atoms with Crippen molar-refractivity contribution in [3.05, 3.63) is 145 Å². The highest BCUT2D eigenvalue weighted by molar-refractivity contribution is 7.79. The first-order valence-corrected chi connectivity index (χ1v) is 12.6. The fraction of sp³-hybridized carbons (Fsp3) is 0.0323. The van der Waals surface area contributed by atoms with Crippen molar-refractivity contribution in [3.63, 3.8) is 0 Å². The van der Waals surface area contributed by atoms with Gasteiger partial charge in [0.25, 0.3) is 0 Å². The zero-order valence-corrected chi connectivity index (χ0v) is 22.3. The van der Waals surface area contributed by atoms with Crippen molar-refractivity contribution in [1.82, 2.24) is 0 Å². The molecule has 1 unspecified atom stereocenters. The van der Waals surface area contributed by atoms with Crippen LogP contribution in [0.2, 0.25) is 0 Å². The van der Waals surface area contributed by atoms with Crippen molar-refractivity contribution in [2.24, 2.45) is 0 Å². The van der Waals surface area contributed by atoms with Crippen molar-refractivity contribution in [2.45, 2.75) is 6.92 Å². The molecule has 0 amide bonds. The average Bonchev–Trinajstić information content (AvgIpc) is 2.88. The molecule has 0 bridgehead atoms. The third-order valence-corrected chi connectivity index (χ3v) is 8.12. The predicted octanol–water partition coefficient (Wildman–Crippen LogP) is 3.55. The van der Waals surface area contributed by atoms with Crippen LogP contribution in [0.1, 0.15) is 5.56 Å². The number of halogens is 1. The summed E-state index contributed by atoms with van der Waals surface area (Å²) in [7, 11) is -1.03. The Balaban J connectivity index is 0.000000212. The Morgan fingerprint density at radius 2 is 0.912 bits per heavy atom. The van der Waals surface area contributed by atoms with Gasteiger partial charge in [0, 0.05) is 0 Å². The van der Waals surface area contributed by atoms with E-state index in [0.29, 0.717) is 5.75 Å². The van der Waals surface area contributed by atoms with Crippen LogP contribution >= 0.6 is 7.92 Å². The van der Waals surface area contributed by atoms with E-state index in [2.05, 4.69) is 110 Å². The van der Waals surface area contributed by atoms with Crippen LogP contribution in [0.25, 0.3) is 11.1 Å². The summed E-state index contributed by atoms with van der Waals surface area (Å²) in [4.78, 5) is 0. The van der Waals surface area contributed by atoms with Gasteiger partial charge in [-0.05, 0) is 72.1 Å². The Labute approximate surface area is 220 Å². The summed E-state index contributed by atoms with van der Waals surface area (Å²) in [5, 5.41) is 13.6. The summed E-state index contributed by atoms with van der Waals surface area (Å²) >= 11 is 0. The van der Waals surface area contributed by atoms with Gasteiger partial charge in [0.05, 0.1) is 7.92 Å². The van der Waals surface area contributed by atoms with Gasteiger partial charge in [-0.25, -0.2) is 0 Å². The van der Waals surface area contributed by atoms with Crippen LogP contribution in [0.3, 0.4) is 0 Å². The number of phenolic OH excluding ortho intramolecular Hbond substituents is 1. The minimum absolute atomic E-state index is 0. The maximum atomic E-state index is 9.54. The lowest BCUT2D eigenvalue weighted by molar-refractivity contribution is -0.00000744. The molecule has 1 nitrogen and oxygen atoms in total. The minimum atomic E-state index is -1.03. The third kappa shape index (κ3) is 7.03. The number of aromatic hydroxyl groups is 1. The molecule has 0 aliphatic rings. The van der Waals surface area contributed by atoms with Crippen molar-refractivity contribution < 1.29 is 29.1 Å². The average molecular weight is 574 g/mol. The van der Waals surface area contributed by atoms with Crippen molar-refractivity contribution >= 4 is 23.8 Å². The zero-order valence-electron chi connectivity index (χ0n) is 19.1. The Hall–Kier alpha value is -2.94. The summed E-state index contributed by atoms with van der Waals surface area (Å²) in [6.07, 6.45) is 0. The summed E-state index contributed by atoms with van der Waals surface area (Å²) in [6, 6.07) is 47.8. The van der Waals surface area contributed by atoms with Crippen LogP contribution in [-0.4, -0.2) is 5.11 Å². The van der Waals surface area contributed by atoms with Gasteiger partial charge in [-0.2, -0.15) is 0 Å². The molecule has 1 N–H and O–H groups in total. The SMILES string of the molecule is Cc1cccc([PH+](c2ccccc2)c2ccc(O)cc2)c1.[I-].c1ccc(-c2ccccc2)cc1. The van der Waals surface area contributed by atoms with Crippen LogP contribution in [0.15, 0.2) is 140 Å². The van der Waals surface area contributed by atoms with Gasteiger partial charge in [-0.1, -0.05) is 91.0 Å². The van der Waals surface area contributed by atoms with Gasteiger partial charge >= 0.3 is 0 Å². The number of hydrogen-bond donors (Lipinski definition) is 1. The number of benzene rings is 5. The van der Waals surface area contributed by atoms with Crippen molar-refractivity contribution in [1.29, 1.82) is 0 Å². The van der Waals surface area contributed by atoms with Crippen molar-refractivity contribution in [2.75, 3.05) is 0 Å². The Morgan fingerprint density at radius 3 is 1.41 bits per heavy atom. The summed E-state index contributed by atoms with van der Waals surface area (Å²) < 4.78 is 0. The fourth-order valence-corrected chi connectivity index (χ4v) is 6.46. The third-order valence-electron chi connectivity index (χ3n) is 5.41. The van der Waals surface area contributed by atoms with E-state index in [4.69, 9.17) is 0 Å². The molecule has 0 radical (unpaired) electrons. The normalized spacial score (nSPS) is 10.9. The molecule has 0 saturated heterocycles. The van der Waals surface area contributed by atoms with E-state index in [1.54, 1.807) is 12.1 Å². The monoisotopic (exact) mass is 574 g/mol. The number of phenols is 1. The lowest BCUT2D eigenvalue weighted by Gasteiger charge is -2.11. The first-order valence-electron chi connectivity index (χ1n) is 11.1. The van der Waals surface area contributed by atoms with Gasteiger partial charge in [0.2, 0.25) is 0 Å². The van der Waals surface area contributed by atoms with Crippen LogP contribution in [0.4, 0.5) is 0 Å². The second kappa shape index (κ2) is 13.1. The van der Waals surface area contributed by atoms with Crippen molar-refractivity contribution in [3.8, 4) is 16.9 Å². The fourth-order valence-electron chi connectivity index (χ4n) is 3.79. The molecule has 170 valence electrons. The molecule has 0 fully saturated rings. The molecule has 0 saturated carbocycles. The molecule has 5 aromatic carbocycles. The molecule has 1 atom stereocenters. The van der Waals surface area contributed by atoms with Gasteiger partial charge in [-0.3, -0.25) is 0 Å². The predicted molar refractivity (Wildman–Crippen MR) is 145 cm³/mol. The quantitative estimate of drug-likeness (QED) is 0.257. The maximum absolute atomic E-state index is 9.54.